The predicted octanol–water partition coefficient (Wildman–Crippen LogP) is 3.33. The molecule has 1 aliphatic rings. The average Bonchev–Trinajstić information content (AvgIpc) is 3.15. The third kappa shape index (κ3) is 3.64. The summed E-state index contributed by atoms with van der Waals surface area (Å²) < 4.78 is 7.33. The zero-order valence-electron chi connectivity index (χ0n) is 15.3. The van der Waals surface area contributed by atoms with Gasteiger partial charge in [-0.2, -0.15) is 4.68 Å². The molecule has 1 unspecified atom stereocenters. The number of benzene rings is 2. The number of nitrogens with one attached hydrogen (secondary N) is 1. The van der Waals surface area contributed by atoms with Crippen LogP contribution in [0.25, 0.3) is 0 Å². The number of tetrazole rings is 1. The number of carbonyl (C=O) groups excluding carboxylic acids is 1. The lowest BCUT2D eigenvalue weighted by molar-refractivity contribution is -0.115. The van der Waals surface area contributed by atoms with Gasteiger partial charge >= 0.3 is 0 Å². The summed E-state index contributed by atoms with van der Waals surface area (Å²) in [6, 6.07) is 12.0. The van der Waals surface area contributed by atoms with Crippen LogP contribution in [0.1, 0.15) is 24.1 Å². The van der Waals surface area contributed by atoms with Gasteiger partial charge < -0.3 is 15.8 Å². The second-order valence-electron chi connectivity index (χ2n) is 6.44. The molecule has 1 atom stereocenters. The number of primary amides is 1. The summed E-state index contributed by atoms with van der Waals surface area (Å²) in [5, 5.41) is 15.7. The summed E-state index contributed by atoms with van der Waals surface area (Å²) in [5.41, 5.74) is 8.12. The Hall–Kier alpha value is -3.10. The Morgan fingerprint density at radius 1 is 1.21 bits per heavy atom. The van der Waals surface area contributed by atoms with E-state index in [0.717, 1.165) is 5.56 Å². The minimum Gasteiger partial charge on any atom is -0.489 e. The van der Waals surface area contributed by atoms with E-state index in [2.05, 4.69) is 20.8 Å². The fraction of sp³-hybridized carbons (Fsp3) is 0.158. The lowest BCUT2D eigenvalue weighted by Gasteiger charge is -2.26. The normalized spacial score (nSPS) is 15.6. The molecule has 4 rings (SSSR count). The number of anilines is 1. The Balaban J connectivity index is 1.60. The maximum Gasteiger partial charge on any atom is 0.248 e. The molecule has 2 aromatic carbocycles. The molecular formula is C19H16Cl2N6O2. The Morgan fingerprint density at radius 3 is 2.55 bits per heavy atom. The summed E-state index contributed by atoms with van der Waals surface area (Å²) in [6.07, 6.45) is 0. The van der Waals surface area contributed by atoms with Crippen molar-refractivity contribution in [2.45, 2.75) is 19.6 Å². The maximum absolute atomic E-state index is 12.1. The molecule has 0 aliphatic carbocycles. The van der Waals surface area contributed by atoms with Crippen LogP contribution in [0, 0.1) is 0 Å². The molecule has 0 saturated heterocycles. The van der Waals surface area contributed by atoms with Crippen molar-refractivity contribution in [3.05, 3.63) is 74.9 Å². The Bertz CT molecular complexity index is 1090. The van der Waals surface area contributed by atoms with Crippen molar-refractivity contribution in [3.63, 3.8) is 0 Å². The van der Waals surface area contributed by atoms with Crippen molar-refractivity contribution in [2.24, 2.45) is 5.73 Å². The number of nitrogens with two attached hydrogens (primary N) is 1. The van der Waals surface area contributed by atoms with Gasteiger partial charge in [0.25, 0.3) is 0 Å². The number of aromatic nitrogens is 4. The van der Waals surface area contributed by atoms with Crippen LogP contribution in [-0.2, 0) is 11.4 Å². The summed E-state index contributed by atoms with van der Waals surface area (Å²) in [4.78, 5) is 12.1. The second-order valence-corrected chi connectivity index (χ2v) is 7.25. The molecule has 29 heavy (non-hydrogen) atoms. The van der Waals surface area contributed by atoms with Crippen LogP contribution < -0.4 is 15.8 Å². The molecule has 10 heteroatoms. The Morgan fingerprint density at radius 2 is 1.90 bits per heavy atom. The molecule has 3 N–H and O–H groups in total. The number of ether oxygens (including phenoxy) is 1. The Labute approximate surface area is 176 Å². The molecule has 8 nitrogen and oxygen atoms in total. The lowest BCUT2D eigenvalue weighted by atomic mass is 9.95. The maximum atomic E-state index is 12.1. The molecule has 1 aliphatic heterocycles. The fourth-order valence-electron chi connectivity index (χ4n) is 3.21. The second kappa shape index (κ2) is 7.73. The number of hydrogen-bond acceptors (Lipinski definition) is 6. The van der Waals surface area contributed by atoms with Crippen LogP contribution in [0.2, 0.25) is 10.0 Å². The molecule has 0 saturated carbocycles. The zero-order valence-corrected chi connectivity index (χ0v) is 16.8. The van der Waals surface area contributed by atoms with E-state index >= 15 is 0 Å². The topological polar surface area (TPSA) is 108 Å². The van der Waals surface area contributed by atoms with Gasteiger partial charge in [-0.25, -0.2) is 0 Å². The van der Waals surface area contributed by atoms with Gasteiger partial charge in [0.15, 0.2) is 0 Å². The van der Waals surface area contributed by atoms with E-state index < -0.39 is 11.9 Å². The number of rotatable bonds is 5. The summed E-state index contributed by atoms with van der Waals surface area (Å²) >= 11 is 12.4. The van der Waals surface area contributed by atoms with Crippen LogP contribution in [0.4, 0.5) is 5.95 Å². The van der Waals surface area contributed by atoms with Crippen LogP contribution >= 0.6 is 23.2 Å². The highest BCUT2D eigenvalue weighted by Crippen LogP contribution is 2.34. The number of allylic oxidation sites excluding steroid dienone is 1. The smallest absolute Gasteiger partial charge is 0.248 e. The highest BCUT2D eigenvalue weighted by Gasteiger charge is 2.32. The monoisotopic (exact) mass is 430 g/mol. The number of amides is 1. The average molecular weight is 431 g/mol. The van der Waals surface area contributed by atoms with Gasteiger partial charge in [-0.05, 0) is 47.2 Å². The quantitative estimate of drug-likeness (QED) is 0.642. The first-order valence-corrected chi connectivity index (χ1v) is 9.42. The molecule has 2 heterocycles. The summed E-state index contributed by atoms with van der Waals surface area (Å²) in [6.45, 7) is 1.99. The first-order chi connectivity index (χ1) is 14.0. The van der Waals surface area contributed by atoms with Gasteiger partial charge in [-0.1, -0.05) is 46.5 Å². The zero-order chi connectivity index (χ0) is 20.5. The molecule has 148 valence electrons. The standard InChI is InChI=1S/C19H16Cl2N6O2/c1-10-16(18(22)28)17(27-19(23-10)24-25-26-27)11-5-7-12(8-6-11)29-9-13-14(20)3-2-4-15(13)21/h2-8,17H,9H2,1H3,(H2,22,28)(H,23,24,26). The molecule has 0 bridgehead atoms. The molecule has 1 amide bonds. The van der Waals surface area contributed by atoms with E-state index in [1.54, 1.807) is 37.3 Å². The van der Waals surface area contributed by atoms with Crippen molar-refractivity contribution in [1.82, 2.24) is 20.2 Å². The van der Waals surface area contributed by atoms with E-state index in [4.69, 9.17) is 33.7 Å². The molecule has 0 spiro atoms. The lowest BCUT2D eigenvalue weighted by Crippen LogP contribution is -2.31. The van der Waals surface area contributed by atoms with E-state index in [9.17, 15) is 4.79 Å². The summed E-state index contributed by atoms with van der Waals surface area (Å²) in [7, 11) is 0. The van der Waals surface area contributed by atoms with Crippen LogP contribution in [0.15, 0.2) is 53.7 Å². The van der Waals surface area contributed by atoms with Gasteiger partial charge in [0, 0.05) is 21.3 Å². The van der Waals surface area contributed by atoms with Crippen molar-refractivity contribution < 1.29 is 9.53 Å². The minimum atomic E-state index is -0.546. The molecule has 1 aromatic heterocycles. The van der Waals surface area contributed by atoms with Crippen LogP contribution in [0.3, 0.4) is 0 Å². The van der Waals surface area contributed by atoms with Crippen molar-refractivity contribution in [3.8, 4) is 5.75 Å². The van der Waals surface area contributed by atoms with Gasteiger partial charge in [0.2, 0.25) is 11.9 Å². The Kier molecular flexibility index (Phi) is 5.12. The number of nitrogens with zero attached hydrogens (tertiary/aromatic N) is 4. The van der Waals surface area contributed by atoms with Crippen molar-refractivity contribution in [1.29, 1.82) is 0 Å². The van der Waals surface area contributed by atoms with Gasteiger partial charge in [-0.15, -0.1) is 0 Å². The highest BCUT2D eigenvalue weighted by molar-refractivity contribution is 6.35. The third-order valence-electron chi connectivity index (χ3n) is 4.62. The van der Waals surface area contributed by atoms with Crippen LogP contribution in [-0.4, -0.2) is 26.1 Å². The van der Waals surface area contributed by atoms with E-state index in [1.165, 1.54) is 4.68 Å². The fourth-order valence-corrected chi connectivity index (χ4v) is 3.72. The van der Waals surface area contributed by atoms with E-state index in [1.807, 2.05) is 12.1 Å². The molecule has 3 aromatic rings. The number of halogens is 2. The first-order valence-electron chi connectivity index (χ1n) is 8.67. The number of carbonyl (C=O) groups is 1. The number of hydrogen-bond donors (Lipinski definition) is 2. The molecule has 0 fully saturated rings. The minimum absolute atomic E-state index is 0.230. The van der Waals surface area contributed by atoms with Crippen LogP contribution in [0.5, 0.6) is 5.75 Å². The first kappa shape index (κ1) is 19.2. The SMILES string of the molecule is CC1=C(C(N)=O)C(c2ccc(OCc3c(Cl)cccc3Cl)cc2)n2nnnc2N1. The van der Waals surface area contributed by atoms with Gasteiger partial charge in [0.05, 0.1) is 5.57 Å². The van der Waals surface area contributed by atoms with Gasteiger partial charge in [0.1, 0.15) is 18.4 Å². The largest absolute Gasteiger partial charge is 0.489 e. The molecule has 0 radical (unpaired) electrons. The van der Waals surface area contributed by atoms with Crippen molar-refractivity contribution >= 4 is 35.1 Å². The number of fused-ring (bicyclic) bond motifs is 1. The molecular weight excluding hydrogens is 415 g/mol. The predicted molar refractivity (Wildman–Crippen MR) is 109 cm³/mol. The third-order valence-corrected chi connectivity index (χ3v) is 5.33. The summed E-state index contributed by atoms with van der Waals surface area (Å²) in [5.74, 6) is 0.512. The van der Waals surface area contributed by atoms with Crippen molar-refractivity contribution in [2.75, 3.05) is 5.32 Å². The highest BCUT2D eigenvalue weighted by atomic mass is 35.5. The van der Waals surface area contributed by atoms with Gasteiger partial charge in [-0.3, -0.25) is 4.79 Å². The van der Waals surface area contributed by atoms with E-state index in [-0.39, 0.29) is 6.61 Å². The van der Waals surface area contributed by atoms with E-state index in [0.29, 0.717) is 38.6 Å².